The fourth-order valence-corrected chi connectivity index (χ4v) is 3.11. The molecule has 130 valence electrons. The van der Waals surface area contributed by atoms with Crippen molar-refractivity contribution in [2.24, 2.45) is 0 Å². The molecule has 1 fully saturated rings. The number of aromatic nitrogens is 4. The Morgan fingerprint density at radius 2 is 2.25 bits per heavy atom. The minimum absolute atomic E-state index is 0.232. The van der Waals surface area contributed by atoms with Gasteiger partial charge in [0.25, 0.3) is 0 Å². The lowest BCUT2D eigenvalue weighted by Gasteiger charge is -2.37. The van der Waals surface area contributed by atoms with Gasteiger partial charge >= 0.3 is 0 Å². The summed E-state index contributed by atoms with van der Waals surface area (Å²) in [6.07, 6.45) is 5.22. The Morgan fingerprint density at radius 3 is 2.96 bits per heavy atom. The van der Waals surface area contributed by atoms with Gasteiger partial charge in [0, 0.05) is 31.4 Å². The van der Waals surface area contributed by atoms with Gasteiger partial charge in [0.05, 0.1) is 19.0 Å². The van der Waals surface area contributed by atoms with Gasteiger partial charge in [-0.05, 0) is 39.3 Å². The molecule has 0 radical (unpaired) electrons. The number of nitrogens with zero attached hydrogens (tertiary/aromatic N) is 5. The molecule has 1 aliphatic heterocycles. The smallest absolute Gasteiger partial charge is 0.123 e. The predicted molar refractivity (Wildman–Crippen MR) is 89.6 cm³/mol. The molecule has 0 aliphatic carbocycles. The van der Waals surface area contributed by atoms with E-state index in [0.717, 1.165) is 24.4 Å². The molecule has 1 aliphatic rings. The quantitative estimate of drug-likeness (QED) is 0.899. The third-order valence-corrected chi connectivity index (χ3v) is 4.48. The van der Waals surface area contributed by atoms with Crippen LogP contribution in [0.25, 0.3) is 0 Å². The minimum atomic E-state index is -0.954. The number of methoxy groups -OCH3 is 1. The number of β-amino-alcohol motifs (C(OH)–C–C–N with tert-alkyl or cyclic N) is 1. The van der Waals surface area contributed by atoms with Crippen LogP contribution in [-0.2, 0) is 12.1 Å². The second-order valence-corrected chi connectivity index (χ2v) is 6.71. The van der Waals surface area contributed by atoms with Crippen LogP contribution in [0.4, 0.5) is 0 Å². The van der Waals surface area contributed by atoms with E-state index in [1.54, 1.807) is 18.0 Å². The van der Waals surface area contributed by atoms with Gasteiger partial charge in [0.15, 0.2) is 0 Å². The summed E-state index contributed by atoms with van der Waals surface area (Å²) in [5.41, 5.74) is 0.633. The summed E-state index contributed by atoms with van der Waals surface area (Å²) in [5, 5.41) is 19.4. The van der Waals surface area contributed by atoms with E-state index in [-0.39, 0.29) is 6.04 Å². The summed E-state index contributed by atoms with van der Waals surface area (Å²) in [5.74, 6) is 0.798. The molecule has 7 heteroatoms. The molecule has 24 heavy (non-hydrogen) atoms. The van der Waals surface area contributed by atoms with E-state index in [1.807, 2.05) is 32.2 Å². The summed E-state index contributed by atoms with van der Waals surface area (Å²) in [4.78, 5) is 6.60. The van der Waals surface area contributed by atoms with Crippen molar-refractivity contribution in [2.45, 2.75) is 44.9 Å². The molecule has 1 atom stereocenters. The van der Waals surface area contributed by atoms with E-state index in [1.165, 1.54) is 0 Å². The van der Waals surface area contributed by atoms with Crippen molar-refractivity contribution in [1.82, 2.24) is 24.9 Å². The molecule has 3 rings (SSSR count). The molecule has 1 unspecified atom stereocenters. The van der Waals surface area contributed by atoms with Gasteiger partial charge in [-0.2, -0.15) is 0 Å². The Bertz CT molecular complexity index is 687. The second kappa shape index (κ2) is 6.86. The lowest BCUT2D eigenvalue weighted by molar-refractivity contribution is -0.0417. The second-order valence-electron chi connectivity index (χ2n) is 6.71. The average molecular weight is 331 g/mol. The van der Waals surface area contributed by atoms with Crippen LogP contribution >= 0.6 is 0 Å². The highest BCUT2D eigenvalue weighted by molar-refractivity contribution is 5.22. The maximum atomic E-state index is 11.1. The molecule has 2 aromatic rings. The third kappa shape index (κ3) is 3.57. The third-order valence-electron chi connectivity index (χ3n) is 4.48. The van der Waals surface area contributed by atoms with E-state index in [9.17, 15) is 5.11 Å². The fraction of sp³-hybridized carbons (Fsp3) is 0.588. The van der Waals surface area contributed by atoms with Crippen molar-refractivity contribution in [3.8, 4) is 5.75 Å². The molecular formula is C17H25N5O2. The molecule has 2 aromatic heterocycles. The highest BCUT2D eigenvalue weighted by Crippen LogP contribution is 2.31. The molecule has 7 nitrogen and oxygen atoms in total. The van der Waals surface area contributed by atoms with Crippen molar-refractivity contribution >= 4 is 0 Å². The maximum absolute atomic E-state index is 11.1. The lowest BCUT2D eigenvalue weighted by Crippen LogP contribution is -2.46. The lowest BCUT2D eigenvalue weighted by atomic mass is 9.90. The van der Waals surface area contributed by atoms with Crippen LogP contribution < -0.4 is 4.74 Å². The van der Waals surface area contributed by atoms with Crippen LogP contribution in [0.1, 0.15) is 44.1 Å². The van der Waals surface area contributed by atoms with Crippen molar-refractivity contribution < 1.29 is 9.84 Å². The summed E-state index contributed by atoms with van der Waals surface area (Å²) >= 11 is 0. The Labute approximate surface area is 142 Å². The monoisotopic (exact) mass is 331 g/mol. The Balaban J connectivity index is 1.72. The van der Waals surface area contributed by atoms with Gasteiger partial charge in [-0.1, -0.05) is 5.21 Å². The molecule has 1 saturated heterocycles. The van der Waals surface area contributed by atoms with Crippen LogP contribution in [0.5, 0.6) is 5.75 Å². The van der Waals surface area contributed by atoms with Crippen LogP contribution in [0.15, 0.2) is 24.5 Å². The standard InChI is InChI=1S/C17H25N5O2/c1-13(2)22-11-16(19-20-22)17(23)6-4-8-21(12-17)10-14-9-15(24-3)5-7-18-14/h5,7,9,11,13,23H,4,6,8,10,12H2,1-3H3. The topological polar surface area (TPSA) is 76.3 Å². The van der Waals surface area contributed by atoms with Crippen LogP contribution in [0.3, 0.4) is 0 Å². The zero-order valence-electron chi connectivity index (χ0n) is 14.5. The largest absolute Gasteiger partial charge is 0.497 e. The number of hydrogen-bond acceptors (Lipinski definition) is 6. The number of likely N-dealkylation sites (tertiary alicyclic amines) is 1. The van der Waals surface area contributed by atoms with E-state index < -0.39 is 5.60 Å². The number of pyridine rings is 1. The van der Waals surface area contributed by atoms with Crippen molar-refractivity contribution in [2.75, 3.05) is 20.2 Å². The molecule has 0 bridgehead atoms. The first-order chi connectivity index (χ1) is 11.5. The molecule has 0 saturated carbocycles. The summed E-state index contributed by atoms with van der Waals surface area (Å²) in [6, 6.07) is 4.00. The van der Waals surface area contributed by atoms with Crippen LogP contribution in [0, 0.1) is 0 Å². The van der Waals surface area contributed by atoms with Gasteiger partial charge in [-0.15, -0.1) is 5.10 Å². The van der Waals surface area contributed by atoms with Gasteiger partial charge in [-0.3, -0.25) is 9.88 Å². The van der Waals surface area contributed by atoms with Gasteiger partial charge < -0.3 is 9.84 Å². The highest BCUT2D eigenvalue weighted by atomic mass is 16.5. The average Bonchev–Trinajstić information content (AvgIpc) is 3.06. The van der Waals surface area contributed by atoms with Crippen molar-refractivity contribution in [3.05, 3.63) is 35.9 Å². The highest BCUT2D eigenvalue weighted by Gasteiger charge is 2.37. The number of hydrogen-bond donors (Lipinski definition) is 1. The number of aliphatic hydroxyl groups is 1. The first kappa shape index (κ1) is 16.9. The summed E-state index contributed by atoms with van der Waals surface area (Å²) in [6.45, 7) is 6.23. The van der Waals surface area contributed by atoms with Crippen LogP contribution in [0.2, 0.25) is 0 Å². The molecule has 0 aromatic carbocycles. The number of rotatable bonds is 5. The van der Waals surface area contributed by atoms with Gasteiger partial charge in [0.1, 0.15) is 17.0 Å². The zero-order chi connectivity index (χ0) is 17.2. The Morgan fingerprint density at radius 1 is 1.42 bits per heavy atom. The van der Waals surface area contributed by atoms with Gasteiger partial charge in [-0.25, -0.2) is 4.68 Å². The van der Waals surface area contributed by atoms with E-state index in [2.05, 4.69) is 20.2 Å². The fourth-order valence-electron chi connectivity index (χ4n) is 3.11. The first-order valence-corrected chi connectivity index (χ1v) is 8.36. The SMILES string of the molecule is COc1ccnc(CN2CCCC(O)(c3cn(C(C)C)nn3)C2)c1. The van der Waals surface area contributed by atoms with Crippen LogP contribution in [-0.4, -0.2) is 50.2 Å². The van der Waals surface area contributed by atoms with E-state index in [4.69, 9.17) is 4.74 Å². The number of ether oxygens (including phenoxy) is 1. The number of piperidine rings is 1. The first-order valence-electron chi connectivity index (χ1n) is 8.36. The van der Waals surface area contributed by atoms with E-state index in [0.29, 0.717) is 25.2 Å². The maximum Gasteiger partial charge on any atom is 0.123 e. The van der Waals surface area contributed by atoms with Crippen molar-refractivity contribution in [3.63, 3.8) is 0 Å². The molecule has 0 spiro atoms. The molecule has 1 N–H and O–H groups in total. The molecule has 3 heterocycles. The minimum Gasteiger partial charge on any atom is -0.497 e. The zero-order valence-corrected chi connectivity index (χ0v) is 14.5. The molecule has 0 amide bonds. The predicted octanol–water partition coefficient (Wildman–Crippen LogP) is 1.75. The molecular weight excluding hydrogens is 306 g/mol. The summed E-state index contributed by atoms with van der Waals surface area (Å²) in [7, 11) is 1.65. The van der Waals surface area contributed by atoms with Gasteiger partial charge in [0.2, 0.25) is 0 Å². The van der Waals surface area contributed by atoms with Crippen molar-refractivity contribution in [1.29, 1.82) is 0 Å². The van der Waals surface area contributed by atoms with E-state index >= 15 is 0 Å². The summed E-state index contributed by atoms with van der Waals surface area (Å²) < 4.78 is 7.04. The Hall–Kier alpha value is -1.99. The normalized spacial score (nSPS) is 22.0. The Kier molecular flexibility index (Phi) is 4.82.